The van der Waals surface area contributed by atoms with Crippen LogP contribution in [0.4, 0.5) is 0 Å². The van der Waals surface area contributed by atoms with Crippen molar-refractivity contribution in [2.75, 3.05) is 18.7 Å². The Morgan fingerprint density at radius 2 is 2.20 bits per heavy atom. The molecule has 15 heavy (non-hydrogen) atoms. The molecule has 0 heterocycles. The topological polar surface area (TPSA) is 29.1 Å². The fraction of sp³-hybridized carbons (Fsp3) is 0.364. The van der Waals surface area contributed by atoms with Crippen LogP contribution in [0.25, 0.3) is 0 Å². The van der Waals surface area contributed by atoms with Crippen LogP contribution in [-0.2, 0) is 11.2 Å². The Kier molecular flexibility index (Phi) is 5.58. The van der Waals surface area contributed by atoms with Gasteiger partial charge >= 0.3 is 0 Å². The predicted octanol–water partition coefficient (Wildman–Crippen LogP) is 2.31. The van der Waals surface area contributed by atoms with Crippen LogP contribution in [0.2, 0.25) is 0 Å². The summed E-state index contributed by atoms with van der Waals surface area (Å²) in [5, 5.41) is 2.75. The second-order valence-corrected chi connectivity index (χ2v) is 4.16. The molecule has 1 N–H and O–H groups in total. The number of hydrogen-bond acceptors (Lipinski definition) is 2. The summed E-state index contributed by atoms with van der Waals surface area (Å²) in [5.41, 5.74) is 1.26. The summed E-state index contributed by atoms with van der Waals surface area (Å²) in [6, 6.07) is 8.20. The number of carbonyl (C=O) groups excluding carboxylic acids is 1. The lowest BCUT2D eigenvalue weighted by atomic mass is 10.1. The molecule has 1 rings (SSSR count). The zero-order chi connectivity index (χ0) is 11.1. The first-order chi connectivity index (χ1) is 7.27. The van der Waals surface area contributed by atoms with Gasteiger partial charge in [-0.3, -0.25) is 4.79 Å². The summed E-state index contributed by atoms with van der Waals surface area (Å²) in [6.45, 7) is 0.642. The summed E-state index contributed by atoms with van der Waals surface area (Å²) in [4.78, 5) is 12.2. The molecule has 0 saturated heterocycles. The molecule has 0 spiro atoms. The number of carbonyl (C=O) groups is 1. The maximum Gasteiger partial charge on any atom is 0.234 e. The summed E-state index contributed by atoms with van der Waals surface area (Å²) >= 11 is 7.10. The van der Waals surface area contributed by atoms with Crippen molar-refractivity contribution in [1.29, 1.82) is 0 Å². The molecular weight excluding hydrogens is 230 g/mol. The minimum absolute atomic E-state index is 0.0319. The molecule has 0 aliphatic heterocycles. The van der Waals surface area contributed by atoms with Crippen molar-refractivity contribution in [1.82, 2.24) is 5.32 Å². The molecule has 1 aromatic rings. The number of halogens is 1. The monoisotopic (exact) mass is 243 g/mol. The maximum atomic E-state index is 10.9. The number of amides is 1. The number of benzene rings is 1. The van der Waals surface area contributed by atoms with E-state index in [1.807, 2.05) is 12.1 Å². The molecule has 82 valence electrons. The van der Waals surface area contributed by atoms with Gasteiger partial charge in [0.25, 0.3) is 0 Å². The van der Waals surface area contributed by atoms with Crippen molar-refractivity contribution in [2.45, 2.75) is 11.3 Å². The zero-order valence-corrected chi connectivity index (χ0v) is 10.2. The third kappa shape index (κ3) is 4.14. The van der Waals surface area contributed by atoms with E-state index in [4.69, 9.17) is 11.6 Å². The SMILES string of the molecule is CSc1ccccc1CCNC(=O)CCl. The van der Waals surface area contributed by atoms with Gasteiger partial charge in [0.1, 0.15) is 5.88 Å². The maximum absolute atomic E-state index is 10.9. The molecule has 0 saturated carbocycles. The predicted molar refractivity (Wildman–Crippen MR) is 65.7 cm³/mol. The molecular formula is C11H14ClNOS. The average Bonchev–Trinajstić information content (AvgIpc) is 2.29. The van der Waals surface area contributed by atoms with Crippen molar-refractivity contribution in [3.8, 4) is 0 Å². The van der Waals surface area contributed by atoms with Crippen molar-refractivity contribution < 1.29 is 4.79 Å². The van der Waals surface area contributed by atoms with Crippen molar-refractivity contribution in [3.05, 3.63) is 29.8 Å². The van der Waals surface area contributed by atoms with E-state index in [1.54, 1.807) is 11.8 Å². The first-order valence-electron chi connectivity index (χ1n) is 4.72. The molecule has 0 radical (unpaired) electrons. The van der Waals surface area contributed by atoms with Crippen LogP contribution in [0.3, 0.4) is 0 Å². The molecule has 2 nitrogen and oxygen atoms in total. The third-order valence-electron chi connectivity index (χ3n) is 2.03. The van der Waals surface area contributed by atoms with Gasteiger partial charge in [0, 0.05) is 11.4 Å². The summed E-state index contributed by atoms with van der Waals surface area (Å²) in [5.74, 6) is -0.0808. The average molecular weight is 244 g/mol. The van der Waals surface area contributed by atoms with Gasteiger partial charge in [-0.05, 0) is 24.3 Å². The van der Waals surface area contributed by atoms with Gasteiger partial charge in [-0.2, -0.15) is 0 Å². The van der Waals surface area contributed by atoms with E-state index in [0.29, 0.717) is 6.54 Å². The van der Waals surface area contributed by atoms with Crippen molar-refractivity contribution >= 4 is 29.3 Å². The summed E-state index contributed by atoms with van der Waals surface area (Å²) in [6.07, 6.45) is 2.90. The molecule has 0 bridgehead atoms. The number of alkyl halides is 1. The second kappa shape index (κ2) is 6.75. The highest BCUT2D eigenvalue weighted by atomic mass is 35.5. The summed E-state index contributed by atoms with van der Waals surface area (Å²) < 4.78 is 0. The molecule has 0 aliphatic rings. The van der Waals surface area contributed by atoms with E-state index >= 15 is 0 Å². The molecule has 0 aromatic heterocycles. The van der Waals surface area contributed by atoms with Gasteiger partial charge in [-0.15, -0.1) is 23.4 Å². The molecule has 0 atom stereocenters. The van der Waals surface area contributed by atoms with E-state index in [2.05, 4.69) is 23.7 Å². The zero-order valence-electron chi connectivity index (χ0n) is 8.63. The molecule has 0 unspecified atom stereocenters. The molecule has 0 fully saturated rings. The number of rotatable bonds is 5. The van der Waals surface area contributed by atoms with E-state index in [1.165, 1.54) is 10.5 Å². The highest BCUT2D eigenvalue weighted by Gasteiger charge is 2.01. The van der Waals surface area contributed by atoms with E-state index < -0.39 is 0 Å². The molecule has 0 aliphatic carbocycles. The fourth-order valence-corrected chi connectivity index (χ4v) is 2.03. The standard InChI is InChI=1S/C11H14ClNOS/c1-15-10-5-3-2-4-9(10)6-7-13-11(14)8-12/h2-5H,6-8H2,1H3,(H,13,14). The van der Waals surface area contributed by atoms with E-state index in [9.17, 15) is 4.79 Å². The van der Waals surface area contributed by atoms with E-state index in [0.717, 1.165) is 6.42 Å². The van der Waals surface area contributed by atoms with Crippen LogP contribution in [-0.4, -0.2) is 24.6 Å². The Bertz CT molecular complexity index is 330. The Morgan fingerprint density at radius 1 is 1.47 bits per heavy atom. The lowest BCUT2D eigenvalue weighted by molar-refractivity contribution is -0.118. The van der Waals surface area contributed by atoms with E-state index in [-0.39, 0.29) is 11.8 Å². The highest BCUT2D eigenvalue weighted by Crippen LogP contribution is 2.19. The first-order valence-corrected chi connectivity index (χ1v) is 6.48. The van der Waals surface area contributed by atoms with Crippen molar-refractivity contribution in [2.24, 2.45) is 0 Å². The van der Waals surface area contributed by atoms with Crippen LogP contribution in [0, 0.1) is 0 Å². The van der Waals surface area contributed by atoms with Gasteiger partial charge in [0.05, 0.1) is 0 Å². The smallest absolute Gasteiger partial charge is 0.234 e. The normalized spacial score (nSPS) is 10.0. The molecule has 1 amide bonds. The number of hydrogen-bond donors (Lipinski definition) is 1. The van der Waals surface area contributed by atoms with Crippen LogP contribution in [0.15, 0.2) is 29.2 Å². The van der Waals surface area contributed by atoms with Crippen LogP contribution >= 0.6 is 23.4 Å². The van der Waals surface area contributed by atoms with Gasteiger partial charge < -0.3 is 5.32 Å². The fourth-order valence-electron chi connectivity index (χ4n) is 1.29. The van der Waals surface area contributed by atoms with Crippen LogP contribution in [0.5, 0.6) is 0 Å². The highest BCUT2D eigenvalue weighted by molar-refractivity contribution is 7.98. The lowest BCUT2D eigenvalue weighted by Crippen LogP contribution is -2.26. The number of thioether (sulfide) groups is 1. The first kappa shape index (κ1) is 12.4. The third-order valence-corrected chi connectivity index (χ3v) is 3.11. The second-order valence-electron chi connectivity index (χ2n) is 3.05. The largest absolute Gasteiger partial charge is 0.355 e. The Hall–Kier alpha value is -0.670. The Balaban J connectivity index is 2.46. The number of nitrogens with one attached hydrogen (secondary N) is 1. The van der Waals surface area contributed by atoms with Crippen LogP contribution in [0.1, 0.15) is 5.56 Å². The quantitative estimate of drug-likeness (QED) is 0.635. The van der Waals surface area contributed by atoms with Gasteiger partial charge in [-0.1, -0.05) is 18.2 Å². The minimum Gasteiger partial charge on any atom is -0.355 e. The molecule has 4 heteroatoms. The Morgan fingerprint density at radius 3 is 2.87 bits per heavy atom. The van der Waals surface area contributed by atoms with Crippen molar-refractivity contribution in [3.63, 3.8) is 0 Å². The van der Waals surface area contributed by atoms with Gasteiger partial charge in [-0.25, -0.2) is 0 Å². The molecule has 1 aromatic carbocycles. The summed E-state index contributed by atoms with van der Waals surface area (Å²) in [7, 11) is 0. The van der Waals surface area contributed by atoms with Crippen LogP contribution < -0.4 is 5.32 Å². The minimum atomic E-state index is -0.113. The van der Waals surface area contributed by atoms with Gasteiger partial charge in [0.15, 0.2) is 0 Å². The Labute approximate surface area is 99.4 Å². The lowest BCUT2D eigenvalue weighted by Gasteiger charge is -2.07. The van der Waals surface area contributed by atoms with Gasteiger partial charge in [0.2, 0.25) is 5.91 Å².